The number of carbonyl (C=O) groups is 1. The fourth-order valence-electron chi connectivity index (χ4n) is 3.87. The summed E-state index contributed by atoms with van der Waals surface area (Å²) in [6.07, 6.45) is 3.18. The number of sulfonamides is 1. The van der Waals surface area contributed by atoms with Gasteiger partial charge in [0.1, 0.15) is 12.4 Å². The first-order chi connectivity index (χ1) is 19.3. The second kappa shape index (κ2) is 13.1. The molecule has 0 saturated carbocycles. The number of aryl methyl sites for hydroxylation is 1. The second-order valence-corrected chi connectivity index (χ2v) is 11.1. The minimum absolute atomic E-state index is 0.0444. The van der Waals surface area contributed by atoms with Gasteiger partial charge in [-0.05, 0) is 72.1 Å². The fraction of sp³-hybridized carbons (Fsp3) is 0.0968. The van der Waals surface area contributed by atoms with Crippen molar-refractivity contribution in [2.75, 3.05) is 10.9 Å². The number of anilines is 1. The van der Waals surface area contributed by atoms with Gasteiger partial charge in [-0.25, -0.2) is 13.8 Å². The maximum atomic E-state index is 13.7. The average molecular weight is 574 g/mol. The Balaban J connectivity index is 1.51. The predicted octanol–water partition coefficient (Wildman–Crippen LogP) is 6.37. The van der Waals surface area contributed by atoms with Gasteiger partial charge in [0.05, 0.1) is 23.3 Å². The van der Waals surface area contributed by atoms with Crippen LogP contribution in [0.15, 0.2) is 120 Å². The van der Waals surface area contributed by atoms with Crippen LogP contribution in [0.25, 0.3) is 0 Å². The van der Waals surface area contributed by atoms with Crippen LogP contribution in [-0.4, -0.2) is 27.1 Å². The Morgan fingerprint density at radius 2 is 1.75 bits per heavy atom. The van der Waals surface area contributed by atoms with Gasteiger partial charge in [-0.2, -0.15) is 5.10 Å². The molecular weight excluding hydrogens is 546 g/mol. The third-order valence-electron chi connectivity index (χ3n) is 5.92. The number of benzene rings is 4. The molecule has 0 spiro atoms. The van der Waals surface area contributed by atoms with Crippen molar-refractivity contribution in [3.05, 3.63) is 137 Å². The molecule has 40 heavy (non-hydrogen) atoms. The Morgan fingerprint density at radius 1 is 1.00 bits per heavy atom. The first kappa shape index (κ1) is 28.6. The maximum absolute atomic E-state index is 13.7. The Morgan fingerprint density at radius 3 is 2.48 bits per heavy atom. The molecule has 0 aliphatic carbocycles. The van der Waals surface area contributed by atoms with Crippen LogP contribution in [0.3, 0.4) is 0 Å². The molecule has 7 nitrogen and oxygen atoms in total. The summed E-state index contributed by atoms with van der Waals surface area (Å²) in [4.78, 5) is 12.8. The van der Waals surface area contributed by atoms with Crippen LogP contribution in [0.1, 0.15) is 27.0 Å². The summed E-state index contributed by atoms with van der Waals surface area (Å²) in [5.74, 6) is 0.267. The largest absolute Gasteiger partial charge is 0.490 e. The molecule has 0 bridgehead atoms. The van der Waals surface area contributed by atoms with E-state index in [-0.39, 0.29) is 11.4 Å². The molecule has 0 heterocycles. The smallest absolute Gasteiger partial charge is 0.271 e. The van der Waals surface area contributed by atoms with Crippen molar-refractivity contribution >= 4 is 39.4 Å². The van der Waals surface area contributed by atoms with Crippen LogP contribution in [0, 0.1) is 6.92 Å². The maximum Gasteiger partial charge on any atom is 0.271 e. The molecule has 0 aromatic heterocycles. The summed E-state index contributed by atoms with van der Waals surface area (Å²) in [6.45, 7) is 5.89. The van der Waals surface area contributed by atoms with Crippen molar-refractivity contribution in [2.24, 2.45) is 5.10 Å². The molecule has 0 aliphatic heterocycles. The van der Waals surface area contributed by atoms with Gasteiger partial charge in [0, 0.05) is 10.6 Å². The number of hydrogen-bond acceptors (Lipinski definition) is 5. The van der Waals surface area contributed by atoms with E-state index in [0.717, 1.165) is 11.1 Å². The van der Waals surface area contributed by atoms with Crippen LogP contribution in [-0.2, 0) is 16.6 Å². The van der Waals surface area contributed by atoms with Gasteiger partial charge in [0.2, 0.25) is 0 Å². The molecule has 4 aromatic carbocycles. The highest BCUT2D eigenvalue weighted by Gasteiger charge is 2.26. The van der Waals surface area contributed by atoms with Crippen molar-refractivity contribution in [2.45, 2.75) is 18.4 Å². The van der Waals surface area contributed by atoms with Crippen molar-refractivity contribution < 1.29 is 17.9 Å². The Hall–Kier alpha value is -4.40. The molecule has 0 saturated heterocycles. The average Bonchev–Trinajstić information content (AvgIpc) is 2.97. The van der Waals surface area contributed by atoms with E-state index in [9.17, 15) is 13.2 Å². The minimum atomic E-state index is -3.90. The van der Waals surface area contributed by atoms with Gasteiger partial charge in [0.25, 0.3) is 15.9 Å². The number of hydrazone groups is 1. The number of hydrogen-bond donors (Lipinski definition) is 1. The molecule has 4 aromatic rings. The zero-order chi connectivity index (χ0) is 28.5. The monoisotopic (exact) mass is 573 g/mol. The van der Waals surface area contributed by atoms with Crippen LogP contribution in [0.2, 0.25) is 5.02 Å². The normalized spacial score (nSPS) is 11.2. The summed E-state index contributed by atoms with van der Waals surface area (Å²) < 4.78 is 34.2. The van der Waals surface area contributed by atoms with Gasteiger partial charge < -0.3 is 4.74 Å². The summed E-state index contributed by atoms with van der Waals surface area (Å²) in [7, 11) is -3.90. The van der Waals surface area contributed by atoms with E-state index in [1.165, 1.54) is 10.5 Å². The molecular formula is C31H28ClN3O4S. The van der Waals surface area contributed by atoms with Crippen LogP contribution < -0.4 is 14.5 Å². The molecule has 204 valence electrons. The lowest BCUT2D eigenvalue weighted by atomic mass is 10.1. The van der Waals surface area contributed by atoms with E-state index in [1.807, 2.05) is 25.1 Å². The van der Waals surface area contributed by atoms with Gasteiger partial charge in [-0.1, -0.05) is 72.8 Å². The third-order valence-corrected chi connectivity index (χ3v) is 7.93. The topological polar surface area (TPSA) is 88.1 Å². The van der Waals surface area contributed by atoms with Crippen molar-refractivity contribution in [1.29, 1.82) is 0 Å². The molecule has 1 N–H and O–H groups in total. The van der Waals surface area contributed by atoms with Crippen molar-refractivity contribution in [1.82, 2.24) is 5.43 Å². The number of rotatable bonds is 11. The number of halogens is 1. The van der Waals surface area contributed by atoms with Gasteiger partial charge >= 0.3 is 0 Å². The quantitative estimate of drug-likeness (QED) is 0.128. The summed E-state index contributed by atoms with van der Waals surface area (Å²) >= 11 is 6.24. The molecule has 0 unspecified atom stereocenters. The van der Waals surface area contributed by atoms with Crippen molar-refractivity contribution in [3.63, 3.8) is 0 Å². The zero-order valence-corrected chi connectivity index (χ0v) is 23.4. The lowest BCUT2D eigenvalue weighted by Crippen LogP contribution is -2.31. The summed E-state index contributed by atoms with van der Waals surface area (Å²) in [6, 6.07) is 27.3. The molecule has 0 atom stereocenters. The highest BCUT2D eigenvalue weighted by Crippen LogP contribution is 2.31. The fourth-order valence-corrected chi connectivity index (χ4v) is 5.56. The third kappa shape index (κ3) is 7.16. The van der Waals surface area contributed by atoms with Crippen LogP contribution in [0.4, 0.5) is 5.69 Å². The van der Waals surface area contributed by atoms with E-state index >= 15 is 0 Å². The van der Waals surface area contributed by atoms with E-state index in [0.29, 0.717) is 34.2 Å². The van der Waals surface area contributed by atoms with Gasteiger partial charge in [0.15, 0.2) is 0 Å². The predicted molar refractivity (Wildman–Crippen MR) is 160 cm³/mol. The lowest BCUT2D eigenvalue weighted by Gasteiger charge is -2.26. The SMILES string of the molecule is C=CCOc1cccc(/C=N\NC(=O)c2ccc(CN(c3cc(Cl)ccc3C)S(=O)(=O)c3ccccc3)cc2)c1. The standard InChI is InChI=1S/C31H28ClN3O4S/c1-3-18-39-28-9-7-8-25(19-28)21-33-34-31(36)26-15-13-24(14-16-26)22-35(30-20-27(32)17-12-23(30)2)40(37,38)29-10-5-4-6-11-29/h3-17,19-21H,1,18,22H2,2H3,(H,34,36)/b33-21-. The van der Waals surface area contributed by atoms with Gasteiger partial charge in [-0.15, -0.1) is 0 Å². The van der Waals surface area contributed by atoms with Crippen LogP contribution >= 0.6 is 11.6 Å². The number of ether oxygens (including phenoxy) is 1. The minimum Gasteiger partial charge on any atom is -0.490 e. The second-order valence-electron chi connectivity index (χ2n) is 8.82. The molecule has 0 radical (unpaired) electrons. The zero-order valence-electron chi connectivity index (χ0n) is 21.8. The summed E-state index contributed by atoms with van der Waals surface area (Å²) in [5.41, 5.74) is 5.57. The number of nitrogens with one attached hydrogen (secondary N) is 1. The molecule has 9 heteroatoms. The first-order valence-electron chi connectivity index (χ1n) is 12.4. The molecule has 0 fully saturated rings. The van der Waals surface area contributed by atoms with E-state index in [2.05, 4.69) is 17.1 Å². The van der Waals surface area contributed by atoms with Crippen molar-refractivity contribution in [3.8, 4) is 5.75 Å². The van der Waals surface area contributed by atoms with E-state index in [1.54, 1.807) is 84.9 Å². The Kier molecular flexibility index (Phi) is 9.37. The van der Waals surface area contributed by atoms with E-state index in [4.69, 9.17) is 16.3 Å². The highest BCUT2D eigenvalue weighted by atomic mass is 35.5. The lowest BCUT2D eigenvalue weighted by molar-refractivity contribution is 0.0955. The van der Waals surface area contributed by atoms with Gasteiger partial charge in [-0.3, -0.25) is 9.10 Å². The summed E-state index contributed by atoms with van der Waals surface area (Å²) in [5, 5.41) is 4.46. The Labute approximate surface area is 239 Å². The number of amides is 1. The Bertz CT molecular complexity index is 1620. The molecule has 0 aliphatic rings. The first-order valence-corrected chi connectivity index (χ1v) is 14.2. The highest BCUT2D eigenvalue weighted by molar-refractivity contribution is 7.92. The van der Waals surface area contributed by atoms with E-state index < -0.39 is 15.9 Å². The molecule has 4 rings (SSSR count). The van der Waals surface area contributed by atoms with Crippen LogP contribution in [0.5, 0.6) is 5.75 Å². The number of carbonyl (C=O) groups excluding carboxylic acids is 1. The number of nitrogens with zero attached hydrogens (tertiary/aromatic N) is 2. The molecule has 1 amide bonds.